The van der Waals surface area contributed by atoms with Gasteiger partial charge in [-0.25, -0.2) is 9.59 Å². The van der Waals surface area contributed by atoms with Crippen molar-refractivity contribution in [2.24, 2.45) is 11.8 Å². The van der Waals surface area contributed by atoms with Gasteiger partial charge in [-0.2, -0.15) is 0 Å². The normalized spacial score (nSPS) is 36.6. The van der Waals surface area contributed by atoms with E-state index in [1.165, 1.54) is 44.6 Å². The van der Waals surface area contributed by atoms with Gasteiger partial charge in [0, 0.05) is 5.92 Å². The summed E-state index contributed by atoms with van der Waals surface area (Å²) in [5, 5.41) is 61.3. The third-order valence-corrected chi connectivity index (χ3v) is 7.69. The van der Waals surface area contributed by atoms with Crippen molar-refractivity contribution in [3.63, 3.8) is 0 Å². The standard InChI is InChI=1S/C27H30O14/c1-36-16-7-11(3-4-15(16)29)19(30)13-8-27(41-24(13)35)6-5-12-14(23(34)37-2)10-38-25(18(12)27)40-26-22(33)21(32)20(31)17(9-28)39-26/h3-8,10,12,17-22,25-26,28-33H,9H2,1-2H3/t12-,17-,18-,19?,20-,21+,22-,25-,26+,27-/m1/s1. The Morgan fingerprint density at radius 2 is 1.88 bits per heavy atom. The van der Waals surface area contributed by atoms with E-state index in [-0.39, 0.29) is 28.2 Å². The number of aliphatic hydroxyl groups excluding tert-OH is 5. The van der Waals surface area contributed by atoms with Crippen LogP contribution in [0.1, 0.15) is 11.7 Å². The monoisotopic (exact) mass is 578 g/mol. The molecule has 1 saturated heterocycles. The molecule has 0 amide bonds. The van der Waals surface area contributed by atoms with Crippen LogP contribution in [0.15, 0.2) is 53.8 Å². The van der Waals surface area contributed by atoms with Crippen LogP contribution in [-0.4, -0.2) is 106 Å². The fourth-order valence-corrected chi connectivity index (χ4v) is 5.51. The molecule has 3 aliphatic heterocycles. The van der Waals surface area contributed by atoms with Gasteiger partial charge in [0.15, 0.2) is 23.4 Å². The highest BCUT2D eigenvalue weighted by Gasteiger charge is 2.60. The van der Waals surface area contributed by atoms with Crippen LogP contribution < -0.4 is 4.74 Å². The number of aliphatic hydroxyl groups is 5. The molecule has 4 aliphatic rings. The molecule has 0 bridgehead atoms. The number of esters is 2. The molecule has 222 valence electrons. The number of rotatable bonds is 7. The smallest absolute Gasteiger partial charge is 0.338 e. The number of carbonyl (C=O) groups is 2. The number of hydrogen-bond acceptors (Lipinski definition) is 14. The highest BCUT2D eigenvalue weighted by molar-refractivity contribution is 5.94. The van der Waals surface area contributed by atoms with E-state index in [2.05, 4.69) is 0 Å². The number of ether oxygens (including phenoxy) is 6. The van der Waals surface area contributed by atoms with Gasteiger partial charge >= 0.3 is 11.9 Å². The second-order valence-electron chi connectivity index (χ2n) is 9.99. The maximum absolute atomic E-state index is 13.1. The van der Waals surface area contributed by atoms with Crippen molar-refractivity contribution < 1.29 is 68.6 Å². The Labute approximate surface area is 233 Å². The van der Waals surface area contributed by atoms with E-state index in [0.29, 0.717) is 0 Å². The molecule has 14 nitrogen and oxygen atoms in total. The molecule has 1 unspecified atom stereocenters. The number of aromatic hydroxyl groups is 1. The molecule has 3 heterocycles. The Morgan fingerprint density at radius 1 is 1.12 bits per heavy atom. The summed E-state index contributed by atoms with van der Waals surface area (Å²) in [6.07, 6.45) is -5.27. The Kier molecular flexibility index (Phi) is 7.82. The molecule has 1 aromatic rings. The van der Waals surface area contributed by atoms with Gasteiger partial charge in [-0.1, -0.05) is 12.1 Å². The third kappa shape index (κ3) is 4.86. The fraction of sp³-hybridized carbons (Fsp3) is 0.481. The first-order chi connectivity index (χ1) is 19.5. The van der Waals surface area contributed by atoms with Crippen molar-refractivity contribution in [1.29, 1.82) is 0 Å². The lowest BCUT2D eigenvalue weighted by Crippen LogP contribution is -2.60. The summed E-state index contributed by atoms with van der Waals surface area (Å²) in [5.74, 6) is -3.50. The minimum atomic E-state index is -1.75. The van der Waals surface area contributed by atoms with Gasteiger partial charge in [0.25, 0.3) is 0 Å². The zero-order chi connectivity index (χ0) is 29.6. The maximum atomic E-state index is 13.1. The van der Waals surface area contributed by atoms with Crippen LogP contribution in [-0.2, 0) is 33.3 Å². The van der Waals surface area contributed by atoms with Crippen molar-refractivity contribution >= 4 is 11.9 Å². The van der Waals surface area contributed by atoms with Gasteiger partial charge in [0.1, 0.15) is 30.5 Å². The number of phenols is 1. The van der Waals surface area contributed by atoms with Crippen LogP contribution in [0.4, 0.5) is 0 Å². The van der Waals surface area contributed by atoms with Crippen LogP contribution in [0.5, 0.6) is 11.5 Å². The Morgan fingerprint density at radius 3 is 2.56 bits per heavy atom. The number of phenolic OH excluding ortho intramolecular Hbond substituents is 1. The van der Waals surface area contributed by atoms with Gasteiger partial charge in [-0.05, 0) is 29.8 Å². The van der Waals surface area contributed by atoms with Gasteiger partial charge in [-0.3, -0.25) is 0 Å². The Balaban J connectivity index is 1.49. The molecule has 5 rings (SSSR count). The zero-order valence-electron chi connectivity index (χ0n) is 21.9. The summed E-state index contributed by atoms with van der Waals surface area (Å²) in [6.45, 7) is -0.691. The van der Waals surface area contributed by atoms with Gasteiger partial charge in [0.2, 0.25) is 6.29 Å². The lowest BCUT2D eigenvalue weighted by Gasteiger charge is -2.44. The number of allylic oxidation sites excluding steroid dienone is 1. The molecule has 41 heavy (non-hydrogen) atoms. The molecule has 0 radical (unpaired) electrons. The number of methoxy groups -OCH3 is 2. The Hall–Kier alpha value is -3.50. The van der Waals surface area contributed by atoms with E-state index in [4.69, 9.17) is 28.4 Å². The lowest BCUT2D eigenvalue weighted by atomic mass is 9.78. The third-order valence-electron chi connectivity index (χ3n) is 7.69. The molecule has 0 aromatic heterocycles. The topological polar surface area (TPSA) is 211 Å². The van der Waals surface area contributed by atoms with E-state index >= 15 is 0 Å². The predicted octanol–water partition coefficient (Wildman–Crippen LogP) is -1.31. The molecule has 1 aliphatic carbocycles. The second kappa shape index (κ2) is 11.1. The average molecular weight is 579 g/mol. The second-order valence-corrected chi connectivity index (χ2v) is 9.99. The minimum Gasteiger partial charge on any atom is -0.504 e. The SMILES string of the molecule is COC(=O)C1=CO[C@H](O[C@@H]2O[C@H](CO)[C@@H](O)[C@H](O)[C@H]2O)[C@H]2[C@@H]1C=C[C@@]21C=C(C(O)c2ccc(O)c(OC)c2)C(=O)O1. The minimum absolute atomic E-state index is 0.0704. The van der Waals surface area contributed by atoms with Crippen molar-refractivity contribution in [3.05, 3.63) is 59.4 Å². The molecular formula is C27H30O14. The zero-order valence-corrected chi connectivity index (χ0v) is 21.9. The quantitative estimate of drug-likeness (QED) is 0.164. The highest BCUT2D eigenvalue weighted by atomic mass is 16.8. The molecule has 0 saturated carbocycles. The summed E-state index contributed by atoms with van der Waals surface area (Å²) < 4.78 is 32.8. The van der Waals surface area contributed by atoms with Crippen molar-refractivity contribution in [1.82, 2.24) is 0 Å². The van der Waals surface area contributed by atoms with Crippen LogP contribution in [0.25, 0.3) is 0 Å². The lowest BCUT2D eigenvalue weighted by molar-refractivity contribution is -0.344. The van der Waals surface area contributed by atoms with E-state index in [9.17, 15) is 40.2 Å². The Bertz CT molecular complexity index is 1290. The van der Waals surface area contributed by atoms with Gasteiger partial charge in [-0.15, -0.1) is 0 Å². The predicted molar refractivity (Wildman–Crippen MR) is 132 cm³/mol. The van der Waals surface area contributed by atoms with Crippen LogP contribution in [0.3, 0.4) is 0 Å². The fourth-order valence-electron chi connectivity index (χ4n) is 5.51. The van der Waals surface area contributed by atoms with Crippen LogP contribution in [0, 0.1) is 11.8 Å². The van der Waals surface area contributed by atoms with Gasteiger partial charge < -0.3 is 59.1 Å². The van der Waals surface area contributed by atoms with Crippen LogP contribution >= 0.6 is 0 Å². The van der Waals surface area contributed by atoms with Crippen molar-refractivity contribution in [2.45, 2.75) is 48.7 Å². The van der Waals surface area contributed by atoms with E-state index in [1.807, 2.05) is 0 Å². The van der Waals surface area contributed by atoms with Gasteiger partial charge in [0.05, 0.1) is 44.2 Å². The summed E-state index contributed by atoms with van der Waals surface area (Å²) in [6, 6.07) is 4.06. The average Bonchev–Trinajstić information content (AvgIpc) is 3.52. The number of benzene rings is 1. The molecule has 1 spiro atoms. The first kappa shape index (κ1) is 29.0. The molecule has 6 N–H and O–H groups in total. The summed E-state index contributed by atoms with van der Waals surface area (Å²) >= 11 is 0. The maximum Gasteiger partial charge on any atom is 0.338 e. The first-order valence-corrected chi connectivity index (χ1v) is 12.7. The number of fused-ring (bicyclic) bond motifs is 2. The number of hydrogen-bond donors (Lipinski definition) is 6. The molecule has 1 aromatic carbocycles. The largest absolute Gasteiger partial charge is 0.504 e. The molecular weight excluding hydrogens is 548 g/mol. The summed E-state index contributed by atoms with van der Waals surface area (Å²) in [7, 11) is 2.51. The molecule has 14 heteroatoms. The number of carbonyl (C=O) groups excluding carboxylic acids is 2. The first-order valence-electron chi connectivity index (χ1n) is 12.7. The molecule has 1 fully saturated rings. The van der Waals surface area contributed by atoms with Crippen molar-refractivity contribution in [3.8, 4) is 11.5 Å². The van der Waals surface area contributed by atoms with E-state index in [1.54, 1.807) is 6.08 Å². The highest BCUT2D eigenvalue weighted by Crippen LogP contribution is 2.51. The molecule has 10 atom stereocenters. The van der Waals surface area contributed by atoms with Crippen LogP contribution in [0.2, 0.25) is 0 Å². The summed E-state index contributed by atoms with van der Waals surface area (Å²) in [4.78, 5) is 25.7. The van der Waals surface area contributed by atoms with E-state index < -0.39 is 79.1 Å². The van der Waals surface area contributed by atoms with E-state index in [0.717, 1.165) is 6.26 Å². The summed E-state index contributed by atoms with van der Waals surface area (Å²) in [5.41, 5.74) is -1.46. The van der Waals surface area contributed by atoms with Crippen molar-refractivity contribution in [2.75, 3.05) is 20.8 Å².